The minimum absolute atomic E-state index is 0.115. The molecular weight excluding hydrogens is 381 g/mol. The predicted molar refractivity (Wildman–Crippen MR) is 90.8 cm³/mol. The summed E-state index contributed by atoms with van der Waals surface area (Å²) in [6.45, 7) is 0. The molecule has 0 aliphatic rings. The molecule has 3 aromatic rings. The molecule has 1 N–H and O–H groups in total. The van der Waals surface area contributed by atoms with E-state index in [0.717, 1.165) is 22.3 Å². The lowest BCUT2D eigenvalue weighted by Crippen LogP contribution is -1.95. The molecule has 0 spiro atoms. The van der Waals surface area contributed by atoms with Gasteiger partial charge in [0.1, 0.15) is 0 Å². The smallest absolute Gasteiger partial charge is 0.282 e. The van der Waals surface area contributed by atoms with Gasteiger partial charge in [0.15, 0.2) is 0 Å². The van der Waals surface area contributed by atoms with Crippen LogP contribution >= 0.6 is 22.6 Å². The first-order valence-corrected chi connectivity index (χ1v) is 7.27. The Hall–Kier alpha value is -2.22. The molecule has 0 bridgehead atoms. The first-order valence-electron chi connectivity index (χ1n) is 6.19. The second-order valence-electron chi connectivity index (χ2n) is 4.46. The van der Waals surface area contributed by atoms with Crippen molar-refractivity contribution in [3.8, 4) is 0 Å². The van der Waals surface area contributed by atoms with Gasteiger partial charge < -0.3 is 5.32 Å². The molecule has 5 nitrogen and oxygen atoms in total. The maximum atomic E-state index is 10.8. The van der Waals surface area contributed by atoms with Gasteiger partial charge in [0.2, 0.25) is 0 Å². The molecule has 0 radical (unpaired) electrons. The molecule has 3 rings (SSSR count). The van der Waals surface area contributed by atoms with Crippen LogP contribution in [0.2, 0.25) is 0 Å². The summed E-state index contributed by atoms with van der Waals surface area (Å²) in [6.07, 6.45) is 1.76. The Balaban J connectivity index is 1.91. The van der Waals surface area contributed by atoms with E-state index in [9.17, 15) is 10.1 Å². The standard InChI is InChI=1S/C15H10IN3O2/c16-13-9-12(4-6-15(13)19(20)21)18-11-3-5-14-10(8-11)2-1-7-17-14/h1-9,18H. The van der Waals surface area contributed by atoms with Crippen molar-refractivity contribution >= 4 is 50.6 Å². The molecule has 0 saturated heterocycles. The van der Waals surface area contributed by atoms with E-state index in [2.05, 4.69) is 10.3 Å². The zero-order chi connectivity index (χ0) is 14.8. The number of nitrogens with one attached hydrogen (secondary N) is 1. The number of nitro benzene ring substituents is 1. The molecule has 0 amide bonds. The quantitative estimate of drug-likeness (QED) is 0.406. The van der Waals surface area contributed by atoms with E-state index in [1.165, 1.54) is 6.07 Å². The molecule has 6 heteroatoms. The van der Waals surface area contributed by atoms with E-state index in [1.54, 1.807) is 18.3 Å². The number of anilines is 2. The predicted octanol–water partition coefficient (Wildman–Crippen LogP) is 4.49. The maximum Gasteiger partial charge on any atom is 0.282 e. The van der Waals surface area contributed by atoms with Crippen LogP contribution in [0.4, 0.5) is 17.1 Å². The monoisotopic (exact) mass is 391 g/mol. The van der Waals surface area contributed by atoms with Gasteiger partial charge in [0.05, 0.1) is 14.0 Å². The topological polar surface area (TPSA) is 68.1 Å². The van der Waals surface area contributed by atoms with Crippen LogP contribution in [0.1, 0.15) is 0 Å². The Morgan fingerprint density at radius 1 is 1.10 bits per heavy atom. The van der Waals surface area contributed by atoms with E-state index >= 15 is 0 Å². The van der Waals surface area contributed by atoms with Crippen molar-refractivity contribution in [3.63, 3.8) is 0 Å². The second kappa shape index (κ2) is 5.65. The third kappa shape index (κ3) is 2.94. The molecule has 0 atom stereocenters. The van der Waals surface area contributed by atoms with Crippen molar-refractivity contribution in [1.82, 2.24) is 4.98 Å². The number of benzene rings is 2. The van der Waals surface area contributed by atoms with Crippen molar-refractivity contribution in [2.24, 2.45) is 0 Å². The fourth-order valence-corrected chi connectivity index (χ4v) is 2.76. The number of nitrogens with zero attached hydrogens (tertiary/aromatic N) is 2. The van der Waals surface area contributed by atoms with Crippen LogP contribution in [0.25, 0.3) is 10.9 Å². The van der Waals surface area contributed by atoms with Crippen LogP contribution in [0, 0.1) is 13.7 Å². The Morgan fingerprint density at radius 3 is 2.62 bits per heavy atom. The van der Waals surface area contributed by atoms with Gasteiger partial charge in [-0.2, -0.15) is 0 Å². The normalized spacial score (nSPS) is 10.5. The summed E-state index contributed by atoms with van der Waals surface area (Å²) >= 11 is 1.97. The second-order valence-corrected chi connectivity index (χ2v) is 5.62. The summed E-state index contributed by atoms with van der Waals surface area (Å²) in [5, 5.41) is 15.1. The number of nitro groups is 1. The Kier molecular flexibility index (Phi) is 3.70. The van der Waals surface area contributed by atoms with Gasteiger partial charge >= 0.3 is 0 Å². The van der Waals surface area contributed by atoms with Gasteiger partial charge in [-0.25, -0.2) is 0 Å². The number of hydrogen-bond donors (Lipinski definition) is 1. The molecule has 0 unspecified atom stereocenters. The van der Waals surface area contributed by atoms with Gasteiger partial charge in [-0.05, 0) is 59.0 Å². The van der Waals surface area contributed by atoms with Crippen molar-refractivity contribution in [1.29, 1.82) is 0 Å². The zero-order valence-electron chi connectivity index (χ0n) is 10.8. The van der Waals surface area contributed by atoms with Crippen LogP contribution < -0.4 is 5.32 Å². The largest absolute Gasteiger partial charge is 0.355 e. The summed E-state index contributed by atoms with van der Waals surface area (Å²) in [5.41, 5.74) is 2.78. The van der Waals surface area contributed by atoms with Gasteiger partial charge in [0, 0.05) is 29.0 Å². The number of fused-ring (bicyclic) bond motifs is 1. The highest BCUT2D eigenvalue weighted by molar-refractivity contribution is 14.1. The van der Waals surface area contributed by atoms with Crippen LogP contribution in [0.5, 0.6) is 0 Å². The molecule has 0 fully saturated rings. The van der Waals surface area contributed by atoms with Gasteiger partial charge in [0.25, 0.3) is 5.69 Å². The van der Waals surface area contributed by atoms with Crippen LogP contribution in [-0.2, 0) is 0 Å². The highest BCUT2D eigenvalue weighted by atomic mass is 127. The van der Waals surface area contributed by atoms with E-state index in [0.29, 0.717) is 3.57 Å². The minimum Gasteiger partial charge on any atom is -0.355 e. The van der Waals surface area contributed by atoms with Crippen molar-refractivity contribution in [2.75, 3.05) is 5.32 Å². The van der Waals surface area contributed by atoms with Crippen LogP contribution in [0.15, 0.2) is 54.7 Å². The lowest BCUT2D eigenvalue weighted by atomic mass is 10.2. The average Bonchev–Trinajstić information content (AvgIpc) is 2.47. The van der Waals surface area contributed by atoms with Gasteiger partial charge in [-0.1, -0.05) is 6.07 Å². The fourth-order valence-electron chi connectivity index (χ4n) is 2.05. The van der Waals surface area contributed by atoms with E-state index in [4.69, 9.17) is 0 Å². The molecule has 21 heavy (non-hydrogen) atoms. The summed E-state index contributed by atoms with van der Waals surface area (Å²) < 4.78 is 0.602. The molecule has 1 aromatic heterocycles. The first-order chi connectivity index (χ1) is 10.1. The van der Waals surface area contributed by atoms with Crippen LogP contribution in [-0.4, -0.2) is 9.91 Å². The van der Waals surface area contributed by atoms with Gasteiger partial charge in [-0.3, -0.25) is 15.1 Å². The SMILES string of the molecule is O=[N+]([O-])c1ccc(Nc2ccc3ncccc3c2)cc1I. The number of pyridine rings is 1. The number of hydrogen-bond acceptors (Lipinski definition) is 4. The molecule has 104 valence electrons. The van der Waals surface area contributed by atoms with Crippen LogP contribution in [0.3, 0.4) is 0 Å². The summed E-state index contributed by atoms with van der Waals surface area (Å²) in [4.78, 5) is 14.7. The Labute approximate surface area is 134 Å². The summed E-state index contributed by atoms with van der Waals surface area (Å²) in [5.74, 6) is 0. The maximum absolute atomic E-state index is 10.8. The molecule has 2 aromatic carbocycles. The fraction of sp³-hybridized carbons (Fsp3) is 0. The molecule has 0 saturated carbocycles. The van der Waals surface area contributed by atoms with E-state index in [-0.39, 0.29) is 10.6 Å². The lowest BCUT2D eigenvalue weighted by Gasteiger charge is -2.08. The minimum atomic E-state index is -0.382. The molecule has 1 heterocycles. The Bertz CT molecular complexity index is 836. The summed E-state index contributed by atoms with van der Waals surface area (Å²) in [7, 11) is 0. The summed E-state index contributed by atoms with van der Waals surface area (Å²) in [6, 6.07) is 14.7. The third-order valence-corrected chi connectivity index (χ3v) is 3.90. The third-order valence-electron chi connectivity index (χ3n) is 3.04. The van der Waals surface area contributed by atoms with E-state index < -0.39 is 0 Å². The van der Waals surface area contributed by atoms with E-state index in [1.807, 2.05) is 52.9 Å². The first kappa shape index (κ1) is 13.7. The van der Waals surface area contributed by atoms with Crippen molar-refractivity contribution in [2.45, 2.75) is 0 Å². The number of halogens is 1. The highest BCUT2D eigenvalue weighted by Gasteiger charge is 2.11. The zero-order valence-corrected chi connectivity index (χ0v) is 12.9. The molecular formula is C15H10IN3O2. The molecule has 0 aliphatic carbocycles. The Morgan fingerprint density at radius 2 is 1.86 bits per heavy atom. The van der Waals surface area contributed by atoms with Crippen molar-refractivity contribution in [3.05, 3.63) is 68.4 Å². The number of rotatable bonds is 3. The van der Waals surface area contributed by atoms with Crippen molar-refractivity contribution < 1.29 is 4.92 Å². The highest BCUT2D eigenvalue weighted by Crippen LogP contribution is 2.27. The van der Waals surface area contributed by atoms with Gasteiger partial charge in [-0.15, -0.1) is 0 Å². The molecule has 0 aliphatic heterocycles. The lowest BCUT2D eigenvalue weighted by molar-refractivity contribution is -0.385. The number of aromatic nitrogens is 1. The average molecular weight is 391 g/mol.